The van der Waals surface area contributed by atoms with Crippen molar-refractivity contribution in [3.05, 3.63) is 17.3 Å². The van der Waals surface area contributed by atoms with Crippen molar-refractivity contribution < 1.29 is 9.21 Å². The normalized spacial score (nSPS) is 23.4. The van der Waals surface area contributed by atoms with Crippen LogP contribution < -0.4 is 5.32 Å². The standard InChI is InChI=1S/C14H23N3O2/c1-9-13(19-10(2)16-9)14(18)17(4)12-7-5-11(15-3)6-8-12/h11-12,15H,5-8H2,1-4H3. The number of aryl methyl sites for hydroxylation is 2. The minimum atomic E-state index is -0.0500. The molecule has 0 unspecified atom stereocenters. The number of carbonyl (C=O) groups excluding carboxylic acids is 1. The number of oxazole rings is 1. The highest BCUT2D eigenvalue weighted by Crippen LogP contribution is 2.24. The first-order valence-electron chi connectivity index (χ1n) is 6.91. The first kappa shape index (κ1) is 14.1. The number of rotatable bonds is 3. The smallest absolute Gasteiger partial charge is 0.291 e. The van der Waals surface area contributed by atoms with Gasteiger partial charge in [0.2, 0.25) is 5.76 Å². The summed E-state index contributed by atoms with van der Waals surface area (Å²) in [5, 5.41) is 3.30. The van der Waals surface area contributed by atoms with Crippen molar-refractivity contribution in [1.29, 1.82) is 0 Å². The third-order valence-electron chi connectivity index (χ3n) is 4.07. The monoisotopic (exact) mass is 265 g/mol. The Morgan fingerprint density at radius 2 is 1.95 bits per heavy atom. The van der Waals surface area contributed by atoms with E-state index in [1.54, 1.807) is 6.92 Å². The van der Waals surface area contributed by atoms with Gasteiger partial charge in [0.25, 0.3) is 5.91 Å². The molecule has 0 bridgehead atoms. The molecular formula is C14H23N3O2. The molecule has 1 aliphatic rings. The fraction of sp³-hybridized carbons (Fsp3) is 0.714. The Balaban J connectivity index is 2.02. The molecule has 5 nitrogen and oxygen atoms in total. The third-order valence-corrected chi connectivity index (χ3v) is 4.07. The molecule has 1 saturated carbocycles. The molecule has 1 aromatic rings. The number of hydrogen-bond acceptors (Lipinski definition) is 4. The second kappa shape index (κ2) is 5.74. The van der Waals surface area contributed by atoms with Gasteiger partial charge >= 0.3 is 0 Å². The van der Waals surface area contributed by atoms with Crippen LogP contribution in [0.5, 0.6) is 0 Å². The molecule has 106 valence electrons. The van der Waals surface area contributed by atoms with Crippen LogP contribution in [0.3, 0.4) is 0 Å². The van der Waals surface area contributed by atoms with Crippen molar-refractivity contribution in [2.24, 2.45) is 0 Å². The van der Waals surface area contributed by atoms with E-state index in [4.69, 9.17) is 4.42 Å². The van der Waals surface area contributed by atoms with Crippen LogP contribution in [0, 0.1) is 13.8 Å². The highest BCUT2D eigenvalue weighted by Gasteiger charge is 2.29. The van der Waals surface area contributed by atoms with Gasteiger partial charge in [-0.25, -0.2) is 4.98 Å². The molecule has 5 heteroatoms. The van der Waals surface area contributed by atoms with Crippen molar-refractivity contribution in [1.82, 2.24) is 15.2 Å². The minimum absolute atomic E-state index is 0.0500. The van der Waals surface area contributed by atoms with Gasteiger partial charge in [-0.15, -0.1) is 0 Å². The van der Waals surface area contributed by atoms with E-state index in [0.717, 1.165) is 25.7 Å². The summed E-state index contributed by atoms with van der Waals surface area (Å²) in [7, 11) is 3.87. The van der Waals surface area contributed by atoms with Gasteiger partial charge in [0.05, 0.1) is 5.69 Å². The molecule has 0 spiro atoms. The Kier molecular flexibility index (Phi) is 4.24. The fourth-order valence-corrected chi connectivity index (χ4v) is 2.81. The quantitative estimate of drug-likeness (QED) is 0.906. The molecule has 0 aromatic carbocycles. The van der Waals surface area contributed by atoms with Gasteiger partial charge in [0.15, 0.2) is 5.89 Å². The molecule has 1 heterocycles. The molecule has 2 rings (SSSR count). The van der Waals surface area contributed by atoms with Crippen LogP contribution >= 0.6 is 0 Å². The zero-order valence-corrected chi connectivity index (χ0v) is 12.2. The van der Waals surface area contributed by atoms with Crippen LogP contribution in [0.25, 0.3) is 0 Å². The molecule has 19 heavy (non-hydrogen) atoms. The van der Waals surface area contributed by atoms with Crippen LogP contribution in [0.15, 0.2) is 4.42 Å². The molecule has 1 fully saturated rings. The second-order valence-electron chi connectivity index (χ2n) is 5.36. The molecule has 0 saturated heterocycles. The van der Waals surface area contributed by atoms with Crippen LogP contribution in [-0.2, 0) is 0 Å². The average molecular weight is 265 g/mol. The molecule has 1 N–H and O–H groups in total. The van der Waals surface area contributed by atoms with Gasteiger partial charge in [0, 0.05) is 26.1 Å². The molecule has 0 aliphatic heterocycles. The Morgan fingerprint density at radius 1 is 1.32 bits per heavy atom. The number of carbonyl (C=O) groups is 1. The predicted octanol–water partition coefficient (Wildman–Crippen LogP) is 1.89. The van der Waals surface area contributed by atoms with E-state index in [0.29, 0.717) is 29.4 Å². The van der Waals surface area contributed by atoms with E-state index in [-0.39, 0.29) is 5.91 Å². The van der Waals surface area contributed by atoms with Crippen molar-refractivity contribution in [2.45, 2.75) is 51.6 Å². The zero-order valence-electron chi connectivity index (χ0n) is 12.2. The van der Waals surface area contributed by atoms with Gasteiger partial charge in [-0.1, -0.05) is 0 Å². The SMILES string of the molecule is CNC1CCC(N(C)C(=O)c2oc(C)nc2C)CC1. The molecule has 1 aromatic heterocycles. The van der Waals surface area contributed by atoms with Gasteiger partial charge in [-0.05, 0) is 39.7 Å². The van der Waals surface area contributed by atoms with Gasteiger partial charge < -0.3 is 14.6 Å². The van der Waals surface area contributed by atoms with Crippen molar-refractivity contribution in [3.63, 3.8) is 0 Å². The van der Waals surface area contributed by atoms with E-state index < -0.39 is 0 Å². The minimum Gasteiger partial charge on any atom is -0.436 e. The maximum Gasteiger partial charge on any atom is 0.291 e. The maximum atomic E-state index is 12.4. The van der Waals surface area contributed by atoms with Crippen LogP contribution in [0.4, 0.5) is 0 Å². The fourth-order valence-electron chi connectivity index (χ4n) is 2.81. The summed E-state index contributed by atoms with van der Waals surface area (Å²) < 4.78 is 5.42. The molecule has 0 atom stereocenters. The van der Waals surface area contributed by atoms with Gasteiger partial charge in [-0.3, -0.25) is 4.79 Å². The van der Waals surface area contributed by atoms with Crippen LogP contribution in [-0.4, -0.2) is 42.0 Å². The van der Waals surface area contributed by atoms with E-state index in [9.17, 15) is 4.79 Å². The number of hydrogen-bond donors (Lipinski definition) is 1. The average Bonchev–Trinajstić information content (AvgIpc) is 2.76. The summed E-state index contributed by atoms with van der Waals surface area (Å²) in [4.78, 5) is 18.4. The maximum absolute atomic E-state index is 12.4. The molecule has 1 aliphatic carbocycles. The lowest BCUT2D eigenvalue weighted by molar-refractivity contribution is 0.0651. The topological polar surface area (TPSA) is 58.4 Å². The summed E-state index contributed by atoms with van der Waals surface area (Å²) >= 11 is 0. The summed E-state index contributed by atoms with van der Waals surface area (Å²) in [5.74, 6) is 0.884. The van der Waals surface area contributed by atoms with Crippen molar-refractivity contribution in [2.75, 3.05) is 14.1 Å². The lowest BCUT2D eigenvalue weighted by Crippen LogP contribution is -2.42. The highest BCUT2D eigenvalue weighted by molar-refractivity contribution is 5.92. The third kappa shape index (κ3) is 2.97. The second-order valence-corrected chi connectivity index (χ2v) is 5.36. The van der Waals surface area contributed by atoms with E-state index in [1.165, 1.54) is 0 Å². The molecule has 1 amide bonds. The molecular weight excluding hydrogens is 242 g/mol. The van der Waals surface area contributed by atoms with Gasteiger partial charge in [0.1, 0.15) is 0 Å². The molecule has 0 radical (unpaired) electrons. The Hall–Kier alpha value is -1.36. The van der Waals surface area contributed by atoms with Crippen molar-refractivity contribution >= 4 is 5.91 Å². The highest BCUT2D eigenvalue weighted by atomic mass is 16.4. The summed E-state index contributed by atoms with van der Waals surface area (Å²) in [5.41, 5.74) is 0.679. The Labute approximate surface area is 114 Å². The predicted molar refractivity (Wildman–Crippen MR) is 73.2 cm³/mol. The van der Waals surface area contributed by atoms with Crippen molar-refractivity contribution in [3.8, 4) is 0 Å². The van der Waals surface area contributed by atoms with Gasteiger partial charge in [-0.2, -0.15) is 0 Å². The summed E-state index contributed by atoms with van der Waals surface area (Å²) in [6.07, 6.45) is 4.32. The number of nitrogens with zero attached hydrogens (tertiary/aromatic N) is 2. The first-order chi connectivity index (χ1) is 9.02. The summed E-state index contributed by atoms with van der Waals surface area (Å²) in [6.45, 7) is 3.58. The number of amides is 1. The number of aromatic nitrogens is 1. The lowest BCUT2D eigenvalue weighted by Gasteiger charge is -2.34. The first-order valence-corrected chi connectivity index (χ1v) is 6.91. The Morgan fingerprint density at radius 3 is 2.42 bits per heavy atom. The summed E-state index contributed by atoms with van der Waals surface area (Å²) in [6, 6.07) is 0.899. The van der Waals surface area contributed by atoms with E-state index in [2.05, 4.69) is 10.3 Å². The largest absolute Gasteiger partial charge is 0.436 e. The number of nitrogens with one attached hydrogen (secondary N) is 1. The zero-order chi connectivity index (χ0) is 14.0. The van der Waals surface area contributed by atoms with Crippen LogP contribution in [0.1, 0.15) is 47.8 Å². The van der Waals surface area contributed by atoms with E-state index in [1.807, 2.05) is 25.9 Å². The lowest BCUT2D eigenvalue weighted by atomic mass is 9.90. The Bertz CT molecular complexity index is 448. The van der Waals surface area contributed by atoms with Crippen LogP contribution in [0.2, 0.25) is 0 Å². The van der Waals surface area contributed by atoms with E-state index >= 15 is 0 Å².